The number of rotatable bonds is 1. The summed E-state index contributed by atoms with van der Waals surface area (Å²) < 4.78 is 6.46. The van der Waals surface area contributed by atoms with E-state index in [1.807, 2.05) is 26.1 Å². The van der Waals surface area contributed by atoms with Crippen LogP contribution >= 0.6 is 27.5 Å². The topological polar surface area (TPSA) is 71.7 Å². The molecule has 0 saturated heterocycles. The summed E-state index contributed by atoms with van der Waals surface area (Å²) >= 11 is 10.1. The Morgan fingerprint density at radius 1 is 1.55 bits per heavy atom. The highest BCUT2D eigenvalue weighted by atomic mass is 79.9. The number of benzene rings is 1. The number of hydrogen-bond acceptors (Lipinski definition) is 5. The fraction of sp³-hybridized carbons (Fsp3) is 0.400. The quantitative estimate of drug-likeness (QED) is 0.695. The van der Waals surface area contributed by atoms with Gasteiger partial charge in [-0.3, -0.25) is 5.73 Å². The van der Waals surface area contributed by atoms with E-state index in [4.69, 9.17) is 22.1 Å². The van der Waals surface area contributed by atoms with Crippen LogP contribution in [0.4, 0.5) is 0 Å². The Morgan fingerprint density at radius 2 is 2.32 bits per heavy atom. The lowest BCUT2D eigenvalue weighted by Gasteiger charge is -2.34. The monoisotopic (exact) mass is 384 g/mol. The van der Waals surface area contributed by atoms with Gasteiger partial charge in [0.2, 0.25) is 5.79 Å². The average molecular weight is 386 g/mol. The molecule has 0 aliphatic carbocycles. The van der Waals surface area contributed by atoms with Crippen LogP contribution in [0, 0.1) is 0 Å². The maximum Gasteiger partial charge on any atom is 0.212 e. The summed E-state index contributed by atoms with van der Waals surface area (Å²) in [6.45, 7) is 2.65. The third kappa shape index (κ3) is 2.59. The number of fused-ring (bicyclic) bond motifs is 1. The van der Waals surface area contributed by atoms with Gasteiger partial charge in [-0.25, -0.2) is 4.99 Å². The highest BCUT2D eigenvalue weighted by Crippen LogP contribution is 2.43. The molecule has 7 heteroatoms. The second-order valence-electron chi connectivity index (χ2n) is 5.46. The van der Waals surface area contributed by atoms with Gasteiger partial charge >= 0.3 is 0 Å². The molecule has 22 heavy (non-hydrogen) atoms. The first-order valence-electron chi connectivity index (χ1n) is 7.11. The van der Waals surface area contributed by atoms with Crippen LogP contribution < -0.4 is 21.1 Å². The molecule has 4 N–H and O–H groups in total. The molecule has 2 aliphatic rings. The van der Waals surface area contributed by atoms with E-state index in [0.717, 1.165) is 39.9 Å². The second kappa shape index (κ2) is 5.76. The Hall–Kier alpha value is -1.24. The Bertz CT molecular complexity index is 689. The summed E-state index contributed by atoms with van der Waals surface area (Å²) in [5.74, 6) is 0.410. The smallest absolute Gasteiger partial charge is 0.212 e. The van der Waals surface area contributed by atoms with Crippen molar-refractivity contribution in [3.63, 3.8) is 0 Å². The highest BCUT2D eigenvalue weighted by molar-refractivity contribution is 9.10. The van der Waals surface area contributed by atoms with Gasteiger partial charge in [0.1, 0.15) is 11.6 Å². The SMILES string of the molecule is CNC1=NC(N)(c2cc3c(c(Br)c2Cl)OCCC3)NC(C)=C1. The Morgan fingerprint density at radius 3 is 3.05 bits per heavy atom. The van der Waals surface area contributed by atoms with Crippen LogP contribution in [0.25, 0.3) is 0 Å². The van der Waals surface area contributed by atoms with Crippen LogP contribution in [0.3, 0.4) is 0 Å². The van der Waals surface area contributed by atoms with Crippen molar-refractivity contribution in [1.29, 1.82) is 0 Å². The number of halogens is 2. The number of aryl methyl sites for hydroxylation is 1. The standard InChI is InChI=1S/C15H18BrClN4O/c1-8-6-11(19-2)21-15(18,20-8)10-7-9-4-3-5-22-14(9)12(16)13(10)17/h6-7,20H,3-5,18H2,1-2H3,(H,19,21). The molecule has 0 saturated carbocycles. The van der Waals surface area contributed by atoms with Crippen molar-refractivity contribution in [2.75, 3.05) is 13.7 Å². The van der Waals surface area contributed by atoms with Crippen molar-refractivity contribution in [3.8, 4) is 5.75 Å². The van der Waals surface area contributed by atoms with Gasteiger partial charge in [0, 0.05) is 18.3 Å². The molecule has 118 valence electrons. The van der Waals surface area contributed by atoms with Crippen molar-refractivity contribution in [1.82, 2.24) is 10.6 Å². The van der Waals surface area contributed by atoms with Gasteiger partial charge in [0.15, 0.2) is 0 Å². The van der Waals surface area contributed by atoms with E-state index < -0.39 is 5.79 Å². The molecule has 3 rings (SSSR count). The highest BCUT2D eigenvalue weighted by Gasteiger charge is 2.34. The molecule has 1 atom stereocenters. The van der Waals surface area contributed by atoms with Crippen molar-refractivity contribution in [2.24, 2.45) is 10.7 Å². The molecule has 2 heterocycles. The zero-order valence-electron chi connectivity index (χ0n) is 12.5. The van der Waals surface area contributed by atoms with E-state index in [-0.39, 0.29) is 0 Å². The van der Waals surface area contributed by atoms with Crippen LogP contribution in [0.1, 0.15) is 24.5 Å². The van der Waals surface area contributed by atoms with Crippen molar-refractivity contribution in [2.45, 2.75) is 25.6 Å². The maximum absolute atomic E-state index is 6.54. The summed E-state index contributed by atoms with van der Waals surface area (Å²) in [5.41, 5.74) is 9.26. The zero-order valence-corrected chi connectivity index (χ0v) is 14.8. The molecule has 0 spiro atoms. The summed E-state index contributed by atoms with van der Waals surface area (Å²) in [4.78, 5) is 4.55. The van der Waals surface area contributed by atoms with Gasteiger partial charge in [-0.2, -0.15) is 0 Å². The van der Waals surface area contributed by atoms with Gasteiger partial charge < -0.3 is 15.4 Å². The molecular formula is C15H18BrClN4O. The first kappa shape index (κ1) is 15.6. The van der Waals surface area contributed by atoms with E-state index in [0.29, 0.717) is 17.5 Å². The number of aliphatic imine (C=N–C) groups is 1. The van der Waals surface area contributed by atoms with Crippen LogP contribution in [-0.2, 0) is 12.2 Å². The number of ether oxygens (including phenoxy) is 1. The summed E-state index contributed by atoms with van der Waals surface area (Å²) in [7, 11) is 1.81. The molecular weight excluding hydrogens is 368 g/mol. The lowest BCUT2D eigenvalue weighted by Crippen LogP contribution is -2.51. The van der Waals surface area contributed by atoms with E-state index in [1.165, 1.54) is 0 Å². The van der Waals surface area contributed by atoms with Gasteiger partial charge in [-0.1, -0.05) is 11.6 Å². The fourth-order valence-electron chi connectivity index (χ4n) is 2.77. The van der Waals surface area contributed by atoms with Crippen LogP contribution in [-0.4, -0.2) is 19.5 Å². The van der Waals surface area contributed by atoms with Crippen LogP contribution in [0.2, 0.25) is 5.02 Å². The molecule has 1 aromatic rings. The normalized spacial score (nSPS) is 23.7. The van der Waals surface area contributed by atoms with E-state index in [2.05, 4.69) is 31.6 Å². The third-order valence-electron chi connectivity index (χ3n) is 3.78. The Kier molecular flexibility index (Phi) is 4.09. The molecule has 1 unspecified atom stereocenters. The van der Waals surface area contributed by atoms with Gasteiger partial charge in [-0.05, 0) is 53.4 Å². The molecule has 0 amide bonds. The molecule has 1 aromatic carbocycles. The molecule has 0 bridgehead atoms. The first-order valence-corrected chi connectivity index (χ1v) is 8.29. The molecule has 2 aliphatic heterocycles. The van der Waals surface area contributed by atoms with Crippen molar-refractivity contribution >= 4 is 33.4 Å². The zero-order chi connectivity index (χ0) is 15.9. The third-order valence-corrected chi connectivity index (χ3v) is 5.16. The minimum atomic E-state index is -1.11. The first-order chi connectivity index (χ1) is 10.4. The van der Waals surface area contributed by atoms with Gasteiger partial charge in [0.25, 0.3) is 0 Å². The van der Waals surface area contributed by atoms with E-state index in [1.54, 1.807) is 0 Å². The number of nitrogens with one attached hydrogen (secondary N) is 2. The minimum Gasteiger partial charge on any atom is -0.492 e. The van der Waals surface area contributed by atoms with Crippen LogP contribution in [0.5, 0.6) is 5.75 Å². The number of allylic oxidation sites excluding steroid dienone is 1. The minimum absolute atomic E-state index is 0.518. The van der Waals surface area contributed by atoms with Crippen LogP contribution in [0.15, 0.2) is 27.3 Å². The van der Waals surface area contributed by atoms with Crippen molar-refractivity contribution < 1.29 is 4.74 Å². The number of nitrogens with zero attached hydrogens (tertiary/aromatic N) is 1. The lowest BCUT2D eigenvalue weighted by molar-refractivity contribution is 0.285. The second-order valence-corrected chi connectivity index (χ2v) is 6.63. The largest absolute Gasteiger partial charge is 0.492 e. The van der Waals surface area contributed by atoms with Gasteiger partial charge in [-0.15, -0.1) is 0 Å². The van der Waals surface area contributed by atoms with E-state index in [9.17, 15) is 0 Å². The lowest BCUT2D eigenvalue weighted by atomic mass is 9.99. The number of hydrogen-bond donors (Lipinski definition) is 3. The number of amidine groups is 1. The predicted molar refractivity (Wildman–Crippen MR) is 92.2 cm³/mol. The van der Waals surface area contributed by atoms with E-state index >= 15 is 0 Å². The molecule has 0 aromatic heterocycles. The molecule has 0 fully saturated rings. The summed E-state index contributed by atoms with van der Waals surface area (Å²) in [6.07, 6.45) is 3.82. The Labute approximate surface area is 143 Å². The summed E-state index contributed by atoms with van der Waals surface area (Å²) in [5, 5.41) is 6.76. The van der Waals surface area contributed by atoms with Gasteiger partial charge in [0.05, 0.1) is 16.1 Å². The maximum atomic E-state index is 6.54. The number of nitrogens with two attached hydrogens (primary N) is 1. The predicted octanol–water partition coefficient (Wildman–Crippen LogP) is 2.62. The van der Waals surface area contributed by atoms with Crippen molar-refractivity contribution in [3.05, 3.63) is 38.5 Å². The fourth-order valence-corrected chi connectivity index (χ4v) is 3.63. The average Bonchev–Trinajstić information content (AvgIpc) is 2.50. The Balaban J connectivity index is 2.14. The molecule has 0 radical (unpaired) electrons. The molecule has 5 nitrogen and oxygen atoms in total. The summed E-state index contributed by atoms with van der Waals surface area (Å²) in [6, 6.07) is 1.99. The number of likely N-dealkylation sites (N-methyl/N-ethyl adjacent to an activating group) is 1.